The number of ether oxygens (including phenoxy) is 1. The van der Waals surface area contributed by atoms with Crippen LogP contribution in [0.25, 0.3) is 0 Å². The van der Waals surface area contributed by atoms with Gasteiger partial charge in [-0.3, -0.25) is 9.69 Å². The Morgan fingerprint density at radius 3 is 2.26 bits per heavy atom. The monoisotopic (exact) mass is 437 g/mol. The molecule has 2 aromatic carbocycles. The van der Waals surface area contributed by atoms with E-state index in [0.29, 0.717) is 5.57 Å². The first-order valence-electron chi connectivity index (χ1n) is 9.88. The molecule has 2 N–H and O–H groups in total. The van der Waals surface area contributed by atoms with E-state index >= 15 is 0 Å². The molecule has 0 aromatic heterocycles. The van der Waals surface area contributed by atoms with Gasteiger partial charge >= 0.3 is 5.97 Å². The molecule has 0 aliphatic carbocycles. The largest absolute Gasteiger partial charge is 0.448 e. The number of amides is 1. The fraction of sp³-hybridized carbons (Fsp3) is 0.261. The molecule has 2 aromatic rings. The van der Waals surface area contributed by atoms with E-state index in [4.69, 9.17) is 15.3 Å². The van der Waals surface area contributed by atoms with Crippen LogP contribution >= 0.6 is 11.8 Å². The minimum absolute atomic E-state index is 0.117. The van der Waals surface area contributed by atoms with E-state index in [9.17, 15) is 9.59 Å². The van der Waals surface area contributed by atoms with Crippen molar-refractivity contribution in [3.63, 3.8) is 0 Å². The molecule has 1 fully saturated rings. The topological polar surface area (TPSA) is 94.2 Å². The predicted octanol–water partition coefficient (Wildman–Crippen LogP) is 2.84. The van der Waals surface area contributed by atoms with Crippen LogP contribution in [0.1, 0.15) is 24.2 Å². The summed E-state index contributed by atoms with van der Waals surface area (Å²) in [7, 11) is 1.42. The Kier molecular flexibility index (Phi) is 6.11. The van der Waals surface area contributed by atoms with Crippen molar-refractivity contribution >= 4 is 29.9 Å². The number of hydrogen-bond donors (Lipinski definition) is 1. The Labute approximate surface area is 184 Å². The second-order valence-electron chi connectivity index (χ2n) is 7.23. The van der Waals surface area contributed by atoms with Crippen molar-refractivity contribution in [3.05, 3.63) is 83.1 Å². The third-order valence-corrected chi connectivity index (χ3v) is 6.75. The maximum atomic E-state index is 13.5. The summed E-state index contributed by atoms with van der Waals surface area (Å²) in [6.45, 7) is 1.94. The van der Waals surface area contributed by atoms with Gasteiger partial charge in [-0.05, 0) is 18.1 Å². The van der Waals surface area contributed by atoms with Gasteiger partial charge in [-0.1, -0.05) is 65.8 Å². The fourth-order valence-electron chi connectivity index (χ4n) is 3.72. The lowest BCUT2D eigenvalue weighted by Gasteiger charge is -2.49. The van der Waals surface area contributed by atoms with E-state index in [2.05, 4.69) is 5.16 Å². The summed E-state index contributed by atoms with van der Waals surface area (Å²) in [4.78, 5) is 32.3. The van der Waals surface area contributed by atoms with Gasteiger partial charge in [-0.15, -0.1) is 11.8 Å². The zero-order valence-electron chi connectivity index (χ0n) is 17.2. The SMILES string of the molecule is CON=CC1=C(C(=O)OC(c2ccccc2)c2ccccc2)N2C(=O)C(N)[C@@H]2S[C@@H]1C. The Balaban J connectivity index is 1.74. The molecule has 160 valence electrons. The zero-order valence-corrected chi connectivity index (χ0v) is 18.0. The third kappa shape index (κ3) is 3.96. The van der Waals surface area contributed by atoms with Gasteiger partial charge in [0.25, 0.3) is 0 Å². The van der Waals surface area contributed by atoms with Gasteiger partial charge in [0.1, 0.15) is 24.2 Å². The molecule has 3 atom stereocenters. The highest BCUT2D eigenvalue weighted by Crippen LogP contribution is 2.43. The second-order valence-corrected chi connectivity index (χ2v) is 8.69. The van der Waals surface area contributed by atoms with Gasteiger partial charge in [-0.25, -0.2) is 4.79 Å². The van der Waals surface area contributed by atoms with Gasteiger partial charge in [0.15, 0.2) is 6.10 Å². The number of nitrogens with two attached hydrogens (primary N) is 1. The number of nitrogens with zero attached hydrogens (tertiary/aromatic N) is 2. The number of rotatable bonds is 6. The number of benzene rings is 2. The summed E-state index contributed by atoms with van der Waals surface area (Å²) < 4.78 is 6.01. The minimum Gasteiger partial charge on any atom is -0.448 e. The van der Waals surface area contributed by atoms with Crippen molar-refractivity contribution in [2.24, 2.45) is 10.9 Å². The number of hydrogen-bond acceptors (Lipinski definition) is 7. The van der Waals surface area contributed by atoms with E-state index < -0.39 is 18.1 Å². The molecule has 31 heavy (non-hydrogen) atoms. The molecule has 0 bridgehead atoms. The lowest BCUT2D eigenvalue weighted by Crippen LogP contribution is -2.69. The zero-order chi connectivity index (χ0) is 22.0. The normalized spacial score (nSPS) is 23.0. The Morgan fingerprint density at radius 2 is 1.71 bits per heavy atom. The Hall–Kier alpha value is -3.10. The molecule has 0 saturated carbocycles. The molecule has 1 amide bonds. The first-order chi connectivity index (χ1) is 15.0. The predicted molar refractivity (Wildman–Crippen MR) is 119 cm³/mol. The fourth-order valence-corrected chi connectivity index (χ4v) is 5.08. The highest BCUT2D eigenvalue weighted by atomic mass is 32.2. The molecule has 1 saturated heterocycles. The molecule has 2 aliphatic rings. The van der Waals surface area contributed by atoms with Gasteiger partial charge in [0, 0.05) is 10.8 Å². The van der Waals surface area contributed by atoms with Gasteiger partial charge < -0.3 is 15.3 Å². The molecule has 8 heteroatoms. The van der Waals surface area contributed by atoms with E-state index in [-0.39, 0.29) is 22.2 Å². The van der Waals surface area contributed by atoms with Crippen LogP contribution in [0.15, 0.2) is 77.1 Å². The summed E-state index contributed by atoms with van der Waals surface area (Å²) in [6.07, 6.45) is 0.832. The highest BCUT2D eigenvalue weighted by molar-refractivity contribution is 8.00. The van der Waals surface area contributed by atoms with E-state index in [1.54, 1.807) is 0 Å². The van der Waals surface area contributed by atoms with Crippen molar-refractivity contribution < 1.29 is 19.2 Å². The van der Waals surface area contributed by atoms with Crippen molar-refractivity contribution in [2.75, 3.05) is 7.11 Å². The first kappa shape index (κ1) is 21.1. The maximum absolute atomic E-state index is 13.5. The second kappa shape index (κ2) is 8.95. The molecule has 2 heterocycles. The van der Waals surface area contributed by atoms with Crippen LogP contribution in [0.5, 0.6) is 0 Å². The van der Waals surface area contributed by atoms with Crippen LogP contribution in [0.4, 0.5) is 0 Å². The quantitative estimate of drug-likeness (QED) is 0.323. The number of carbonyl (C=O) groups is 2. The summed E-state index contributed by atoms with van der Waals surface area (Å²) in [5.74, 6) is -0.914. The van der Waals surface area contributed by atoms with Crippen LogP contribution in [0.3, 0.4) is 0 Å². The van der Waals surface area contributed by atoms with Gasteiger partial charge in [0.2, 0.25) is 5.91 Å². The van der Waals surface area contributed by atoms with E-state index in [0.717, 1.165) is 11.1 Å². The average Bonchev–Trinajstić information content (AvgIpc) is 2.81. The number of fused-ring (bicyclic) bond motifs is 1. The molecule has 2 aliphatic heterocycles. The number of thioether (sulfide) groups is 1. The lowest BCUT2D eigenvalue weighted by molar-refractivity contribution is -0.153. The van der Waals surface area contributed by atoms with Gasteiger partial charge in [-0.2, -0.15) is 0 Å². The van der Waals surface area contributed by atoms with Crippen LogP contribution in [-0.4, -0.2) is 46.8 Å². The average molecular weight is 438 g/mol. The van der Waals surface area contributed by atoms with Crippen molar-refractivity contribution in [1.29, 1.82) is 0 Å². The Morgan fingerprint density at radius 1 is 1.13 bits per heavy atom. The molecule has 0 radical (unpaired) electrons. The molecular weight excluding hydrogens is 414 g/mol. The van der Waals surface area contributed by atoms with Crippen LogP contribution in [-0.2, 0) is 19.2 Å². The van der Waals surface area contributed by atoms with E-state index in [1.165, 1.54) is 30.0 Å². The third-order valence-electron chi connectivity index (χ3n) is 5.30. The molecule has 0 spiro atoms. The summed E-state index contributed by atoms with van der Waals surface area (Å²) >= 11 is 1.51. The summed E-state index contributed by atoms with van der Waals surface area (Å²) in [6, 6.07) is 18.3. The number of esters is 1. The van der Waals surface area contributed by atoms with E-state index in [1.807, 2.05) is 67.6 Å². The summed E-state index contributed by atoms with van der Waals surface area (Å²) in [5, 5.41) is 3.40. The molecule has 7 nitrogen and oxygen atoms in total. The highest BCUT2D eigenvalue weighted by Gasteiger charge is 2.53. The Bertz CT molecular complexity index is 986. The van der Waals surface area contributed by atoms with Crippen LogP contribution < -0.4 is 5.73 Å². The number of oxime groups is 1. The van der Waals surface area contributed by atoms with Gasteiger partial charge in [0.05, 0.1) is 6.21 Å². The molecule has 1 unspecified atom stereocenters. The summed E-state index contributed by atoms with van der Waals surface area (Å²) in [5.41, 5.74) is 8.38. The number of β-lactam (4-membered cyclic amide) rings is 1. The first-order valence-corrected chi connectivity index (χ1v) is 10.8. The van der Waals surface area contributed by atoms with Crippen molar-refractivity contribution in [3.8, 4) is 0 Å². The van der Waals surface area contributed by atoms with Crippen molar-refractivity contribution in [2.45, 2.75) is 29.7 Å². The maximum Gasteiger partial charge on any atom is 0.356 e. The van der Waals surface area contributed by atoms with Crippen LogP contribution in [0.2, 0.25) is 0 Å². The minimum atomic E-state index is -0.643. The lowest BCUT2D eigenvalue weighted by atomic mass is 10.00. The smallest absolute Gasteiger partial charge is 0.356 e. The van der Waals surface area contributed by atoms with Crippen molar-refractivity contribution in [1.82, 2.24) is 4.90 Å². The molecular formula is C23H23N3O4S. The number of carbonyl (C=O) groups excluding carboxylic acids is 2. The molecule has 4 rings (SSSR count). The van der Waals surface area contributed by atoms with Crippen LogP contribution in [0, 0.1) is 0 Å². The standard InChI is InChI=1S/C23H23N3O4S/c1-14-17(13-25-29-2)19(26-21(27)18(24)22(26)31-14)23(28)30-20(15-9-5-3-6-10-15)16-11-7-4-8-12-16/h3-14,18,20,22H,24H2,1-2H3/t14-,18?,22+/m1/s1.